The summed E-state index contributed by atoms with van der Waals surface area (Å²) in [5.74, 6) is 1.09. The van der Waals surface area contributed by atoms with Crippen LogP contribution in [0.4, 0.5) is 0 Å². The summed E-state index contributed by atoms with van der Waals surface area (Å²) < 4.78 is 11.3. The molecule has 0 radical (unpaired) electrons. The second-order valence-electron chi connectivity index (χ2n) is 4.62. The minimum absolute atomic E-state index is 0.309. The lowest BCUT2D eigenvalue weighted by Gasteiger charge is -2.13. The summed E-state index contributed by atoms with van der Waals surface area (Å²) in [6, 6.07) is 12.6. The van der Waals surface area contributed by atoms with Crippen LogP contribution in [0.5, 0.6) is 11.5 Å². The zero-order valence-corrected chi connectivity index (χ0v) is 13.3. The highest BCUT2D eigenvalue weighted by atomic mass is 35.5. The highest BCUT2D eigenvalue weighted by molar-refractivity contribution is 6.31. The summed E-state index contributed by atoms with van der Waals surface area (Å²) in [6.07, 6.45) is 2.29. The van der Waals surface area contributed by atoms with Gasteiger partial charge in [-0.15, -0.1) is 0 Å². The van der Waals surface area contributed by atoms with Gasteiger partial charge in [-0.2, -0.15) is 0 Å². The molecule has 5 nitrogen and oxygen atoms in total. The molecular formula is C17H16ClNO4. The average Bonchev–Trinajstić information content (AvgIpc) is 2.53. The number of ether oxygens (including phenoxy) is 2. The predicted molar refractivity (Wildman–Crippen MR) is 89.4 cm³/mol. The molecule has 2 aromatic carbocycles. The number of nitro groups is 1. The quantitative estimate of drug-likeness (QED) is 0.550. The van der Waals surface area contributed by atoms with Crippen LogP contribution in [0.3, 0.4) is 0 Å². The Morgan fingerprint density at radius 2 is 1.96 bits per heavy atom. The van der Waals surface area contributed by atoms with Crippen molar-refractivity contribution in [3.05, 3.63) is 74.9 Å². The van der Waals surface area contributed by atoms with Gasteiger partial charge in [0, 0.05) is 16.7 Å². The van der Waals surface area contributed by atoms with Gasteiger partial charge in [0.2, 0.25) is 6.20 Å². The van der Waals surface area contributed by atoms with Crippen LogP contribution < -0.4 is 9.47 Å². The van der Waals surface area contributed by atoms with Gasteiger partial charge < -0.3 is 9.47 Å². The normalized spacial score (nSPS) is 10.7. The standard InChI is InChI=1S/C17H16ClNO4/c1-2-22-17-11-13(9-10-19(20)21)7-8-16(17)23-12-14-5-3-4-6-15(14)18/h3-11H,2,12H2,1H3/b10-9+. The van der Waals surface area contributed by atoms with E-state index in [0.717, 1.165) is 11.8 Å². The highest BCUT2D eigenvalue weighted by Gasteiger charge is 2.08. The maximum absolute atomic E-state index is 10.4. The number of nitrogens with zero attached hydrogens (tertiary/aromatic N) is 1. The predicted octanol–water partition coefficient (Wildman–Crippen LogP) is 4.57. The molecular weight excluding hydrogens is 318 g/mol. The molecule has 0 aliphatic rings. The Balaban J connectivity index is 2.17. The van der Waals surface area contributed by atoms with E-state index >= 15 is 0 Å². The van der Waals surface area contributed by atoms with E-state index in [1.807, 2.05) is 25.1 Å². The van der Waals surface area contributed by atoms with Crippen LogP contribution in [0.1, 0.15) is 18.1 Å². The van der Waals surface area contributed by atoms with Gasteiger partial charge in [0.25, 0.3) is 0 Å². The van der Waals surface area contributed by atoms with Crippen LogP contribution >= 0.6 is 11.6 Å². The fourth-order valence-electron chi connectivity index (χ4n) is 1.93. The first-order chi connectivity index (χ1) is 11.1. The Morgan fingerprint density at radius 1 is 1.17 bits per heavy atom. The van der Waals surface area contributed by atoms with E-state index in [0.29, 0.717) is 35.3 Å². The van der Waals surface area contributed by atoms with Crippen molar-refractivity contribution in [2.45, 2.75) is 13.5 Å². The highest BCUT2D eigenvalue weighted by Crippen LogP contribution is 2.30. The van der Waals surface area contributed by atoms with Gasteiger partial charge in [-0.3, -0.25) is 10.1 Å². The summed E-state index contributed by atoms with van der Waals surface area (Å²) in [4.78, 5) is 9.88. The molecule has 0 aliphatic carbocycles. The fourth-order valence-corrected chi connectivity index (χ4v) is 2.12. The fraction of sp³-hybridized carbons (Fsp3) is 0.176. The molecule has 2 aromatic rings. The molecule has 0 aromatic heterocycles. The lowest BCUT2D eigenvalue weighted by Crippen LogP contribution is -2.00. The van der Waals surface area contributed by atoms with E-state index in [1.54, 1.807) is 24.3 Å². The van der Waals surface area contributed by atoms with Crippen LogP contribution in [0.2, 0.25) is 5.02 Å². The maximum Gasteiger partial charge on any atom is 0.235 e. The summed E-state index contributed by atoms with van der Waals surface area (Å²) in [6.45, 7) is 2.63. The molecule has 0 saturated carbocycles. The lowest BCUT2D eigenvalue weighted by atomic mass is 10.2. The Labute approximate surface area is 139 Å². The SMILES string of the molecule is CCOc1cc(/C=C/[N+](=O)[O-])ccc1OCc1ccccc1Cl. The molecule has 6 heteroatoms. The maximum atomic E-state index is 10.4. The van der Waals surface area contributed by atoms with Gasteiger partial charge in [0.1, 0.15) is 6.61 Å². The third-order valence-electron chi connectivity index (χ3n) is 3.00. The average molecular weight is 334 g/mol. The van der Waals surface area contributed by atoms with Crippen molar-refractivity contribution >= 4 is 17.7 Å². The Hall–Kier alpha value is -2.53. The molecule has 0 fully saturated rings. The first-order valence-corrected chi connectivity index (χ1v) is 7.42. The number of hydrogen-bond acceptors (Lipinski definition) is 4. The van der Waals surface area contributed by atoms with Crippen molar-refractivity contribution in [1.82, 2.24) is 0 Å². The summed E-state index contributed by atoms with van der Waals surface area (Å²) in [5.41, 5.74) is 1.53. The Bertz CT molecular complexity index is 715. The topological polar surface area (TPSA) is 61.6 Å². The largest absolute Gasteiger partial charge is 0.490 e. The summed E-state index contributed by atoms with van der Waals surface area (Å²) in [7, 11) is 0. The Kier molecular flexibility index (Phi) is 6.00. The van der Waals surface area contributed by atoms with E-state index in [2.05, 4.69) is 0 Å². The van der Waals surface area contributed by atoms with E-state index < -0.39 is 4.92 Å². The minimum atomic E-state index is -0.512. The molecule has 120 valence electrons. The molecule has 23 heavy (non-hydrogen) atoms. The first kappa shape index (κ1) is 16.8. The van der Waals surface area contributed by atoms with Crippen molar-refractivity contribution in [3.8, 4) is 11.5 Å². The van der Waals surface area contributed by atoms with Crippen molar-refractivity contribution < 1.29 is 14.4 Å². The van der Waals surface area contributed by atoms with Crippen molar-refractivity contribution in [1.29, 1.82) is 0 Å². The molecule has 0 N–H and O–H groups in total. The van der Waals surface area contributed by atoms with Crippen LogP contribution in [0, 0.1) is 10.1 Å². The van der Waals surface area contributed by atoms with E-state index in [9.17, 15) is 10.1 Å². The summed E-state index contributed by atoms with van der Waals surface area (Å²) in [5, 5.41) is 11.0. The van der Waals surface area contributed by atoms with Gasteiger partial charge in [-0.1, -0.05) is 35.9 Å². The zero-order chi connectivity index (χ0) is 16.7. The van der Waals surface area contributed by atoms with E-state index in [1.165, 1.54) is 6.08 Å². The number of rotatable bonds is 7. The van der Waals surface area contributed by atoms with E-state index in [-0.39, 0.29) is 0 Å². The number of hydrogen-bond donors (Lipinski definition) is 0. The number of benzene rings is 2. The summed E-state index contributed by atoms with van der Waals surface area (Å²) >= 11 is 6.10. The molecule has 0 amide bonds. The molecule has 0 spiro atoms. The number of halogens is 1. The molecule has 2 rings (SSSR count). The van der Waals surface area contributed by atoms with Crippen LogP contribution in [-0.4, -0.2) is 11.5 Å². The van der Waals surface area contributed by atoms with Gasteiger partial charge in [-0.05, 0) is 30.7 Å². The Morgan fingerprint density at radius 3 is 2.65 bits per heavy atom. The van der Waals surface area contributed by atoms with Gasteiger partial charge >= 0.3 is 0 Å². The second-order valence-corrected chi connectivity index (χ2v) is 5.03. The van der Waals surface area contributed by atoms with Gasteiger partial charge in [-0.25, -0.2) is 0 Å². The van der Waals surface area contributed by atoms with Crippen molar-refractivity contribution in [2.24, 2.45) is 0 Å². The minimum Gasteiger partial charge on any atom is -0.490 e. The van der Waals surface area contributed by atoms with Crippen molar-refractivity contribution in [3.63, 3.8) is 0 Å². The van der Waals surface area contributed by atoms with Gasteiger partial charge in [0.05, 0.1) is 11.5 Å². The zero-order valence-electron chi connectivity index (χ0n) is 12.6. The van der Waals surface area contributed by atoms with Crippen LogP contribution in [-0.2, 0) is 6.61 Å². The molecule has 0 aliphatic heterocycles. The molecule has 0 bridgehead atoms. The lowest BCUT2D eigenvalue weighted by molar-refractivity contribution is -0.400. The molecule has 0 unspecified atom stereocenters. The van der Waals surface area contributed by atoms with Crippen molar-refractivity contribution in [2.75, 3.05) is 6.61 Å². The smallest absolute Gasteiger partial charge is 0.235 e. The molecule has 0 saturated heterocycles. The monoisotopic (exact) mass is 333 g/mol. The first-order valence-electron chi connectivity index (χ1n) is 7.05. The third-order valence-corrected chi connectivity index (χ3v) is 3.37. The second kappa shape index (κ2) is 8.19. The van der Waals surface area contributed by atoms with E-state index in [4.69, 9.17) is 21.1 Å². The molecule has 0 atom stereocenters. The third kappa shape index (κ3) is 5.00. The van der Waals surface area contributed by atoms with Crippen LogP contribution in [0.15, 0.2) is 48.7 Å². The van der Waals surface area contributed by atoms with Crippen LogP contribution in [0.25, 0.3) is 6.08 Å². The molecule has 0 heterocycles. The van der Waals surface area contributed by atoms with Gasteiger partial charge in [0.15, 0.2) is 11.5 Å².